The van der Waals surface area contributed by atoms with E-state index in [1.165, 1.54) is 27.7 Å². The number of imidazole rings is 1. The zero-order valence-corrected chi connectivity index (χ0v) is 24.8. The maximum Gasteiger partial charge on any atom is 0.239 e. The number of allylic oxidation sites excluding steroid dienone is 2. The normalized spacial score (nSPS) is 12.3. The molecule has 0 amide bonds. The Kier molecular flexibility index (Phi) is 9.80. The van der Waals surface area contributed by atoms with Crippen LogP contribution in [0.4, 0.5) is 0 Å². The molecule has 0 spiro atoms. The minimum Gasteiger partial charge on any atom is -0.346 e. The Morgan fingerprint density at radius 3 is 2.00 bits per heavy atom. The topological polar surface area (TPSA) is 17.8 Å². The standard InChI is InChI=1S/C36H37BN2Si/c1-29(15-14-24-34(31-18-8-3-9-19-31)32-20-10-4-11-21-32)40-28-39-26-25-38-36(39)37-35(33-22-12-5-13-23-33)27-30-16-6-2-7-17-30/h2-13,15-23,25-27,34,37H,14,24,28,40H2,1H3. The maximum absolute atomic E-state index is 4.78. The molecule has 2 nitrogen and oxygen atoms in total. The first kappa shape index (κ1) is 27.4. The fourth-order valence-corrected chi connectivity index (χ4v) is 6.72. The van der Waals surface area contributed by atoms with Crippen LogP contribution in [0.3, 0.4) is 0 Å². The van der Waals surface area contributed by atoms with E-state index in [1.54, 1.807) is 5.20 Å². The third kappa shape index (κ3) is 7.71. The number of aromatic nitrogens is 2. The molecule has 0 atom stereocenters. The Hall–Kier alpha value is -4.15. The van der Waals surface area contributed by atoms with Gasteiger partial charge in [0.05, 0.1) is 15.2 Å². The molecule has 1 heterocycles. The van der Waals surface area contributed by atoms with Crippen molar-refractivity contribution in [2.24, 2.45) is 0 Å². The number of nitrogens with zero attached hydrogens (tertiary/aromatic N) is 2. The van der Waals surface area contributed by atoms with Gasteiger partial charge in [-0.1, -0.05) is 144 Å². The van der Waals surface area contributed by atoms with Crippen molar-refractivity contribution in [2.45, 2.75) is 31.9 Å². The molecule has 40 heavy (non-hydrogen) atoms. The SMILES string of the molecule is CC(=CCCC(c1ccccc1)c1ccccc1)[SiH2]Cn1ccnc1BC(=Cc1ccccc1)c1ccccc1. The Morgan fingerprint density at radius 2 is 1.38 bits per heavy atom. The fourth-order valence-electron chi connectivity index (χ4n) is 5.31. The first-order chi connectivity index (χ1) is 19.8. The summed E-state index contributed by atoms with van der Waals surface area (Å²) in [5.74, 6) is 0.432. The fraction of sp³-hybridized carbons (Fsp3) is 0.139. The maximum atomic E-state index is 4.78. The molecule has 5 aromatic rings. The first-order valence-electron chi connectivity index (χ1n) is 14.3. The largest absolute Gasteiger partial charge is 0.346 e. The van der Waals surface area contributed by atoms with E-state index < -0.39 is 9.52 Å². The van der Waals surface area contributed by atoms with E-state index in [9.17, 15) is 0 Å². The molecule has 4 aromatic carbocycles. The van der Waals surface area contributed by atoms with E-state index in [4.69, 9.17) is 4.98 Å². The van der Waals surface area contributed by atoms with Gasteiger partial charge < -0.3 is 4.57 Å². The molecule has 1 aromatic heterocycles. The summed E-state index contributed by atoms with van der Waals surface area (Å²) in [5.41, 5.74) is 7.70. The van der Waals surface area contributed by atoms with Crippen LogP contribution in [0.5, 0.6) is 0 Å². The lowest BCUT2D eigenvalue weighted by Gasteiger charge is -2.17. The van der Waals surface area contributed by atoms with E-state index in [0.29, 0.717) is 5.92 Å². The summed E-state index contributed by atoms with van der Waals surface area (Å²) in [6.45, 7) is 2.33. The predicted octanol–water partition coefficient (Wildman–Crippen LogP) is 6.79. The Morgan fingerprint density at radius 1 is 0.800 bits per heavy atom. The van der Waals surface area contributed by atoms with Gasteiger partial charge in [0.1, 0.15) is 0 Å². The molecule has 0 fully saturated rings. The van der Waals surface area contributed by atoms with Crippen LogP contribution < -0.4 is 5.72 Å². The molecule has 0 saturated carbocycles. The Labute approximate surface area is 242 Å². The Bertz CT molecular complexity index is 1470. The summed E-state index contributed by atoms with van der Waals surface area (Å²) in [5, 5.41) is 1.57. The summed E-state index contributed by atoms with van der Waals surface area (Å²) in [7, 11) is 0.404. The van der Waals surface area contributed by atoms with Gasteiger partial charge >= 0.3 is 0 Å². The molecule has 0 saturated heterocycles. The van der Waals surface area contributed by atoms with Crippen molar-refractivity contribution in [3.05, 3.63) is 167 Å². The van der Waals surface area contributed by atoms with Gasteiger partial charge in [0, 0.05) is 24.5 Å². The summed E-state index contributed by atoms with van der Waals surface area (Å²) in [6.07, 6.45) is 12.2. The smallest absolute Gasteiger partial charge is 0.239 e. The van der Waals surface area contributed by atoms with Gasteiger partial charge in [-0.15, -0.1) is 0 Å². The lowest BCUT2D eigenvalue weighted by atomic mass is 9.65. The second-order valence-corrected chi connectivity index (χ2v) is 12.5. The number of benzene rings is 4. The average Bonchev–Trinajstić information content (AvgIpc) is 3.46. The van der Waals surface area contributed by atoms with Crippen LogP contribution in [0.1, 0.15) is 47.9 Å². The summed E-state index contributed by atoms with van der Waals surface area (Å²) in [4.78, 5) is 4.78. The molecule has 0 bridgehead atoms. The van der Waals surface area contributed by atoms with Crippen molar-refractivity contribution in [1.29, 1.82) is 0 Å². The van der Waals surface area contributed by atoms with E-state index in [2.05, 4.69) is 151 Å². The van der Waals surface area contributed by atoms with Gasteiger partial charge in [-0.3, -0.25) is 4.98 Å². The van der Waals surface area contributed by atoms with Gasteiger partial charge in [0.25, 0.3) is 0 Å². The predicted molar refractivity (Wildman–Crippen MR) is 176 cm³/mol. The number of hydrogen-bond donors (Lipinski definition) is 0. The second kappa shape index (κ2) is 14.3. The third-order valence-electron chi connectivity index (χ3n) is 7.53. The molecule has 0 aliphatic rings. The van der Waals surface area contributed by atoms with E-state index >= 15 is 0 Å². The summed E-state index contributed by atoms with van der Waals surface area (Å²) in [6, 6.07) is 43.1. The Balaban J connectivity index is 1.24. The monoisotopic (exact) mass is 536 g/mol. The van der Waals surface area contributed by atoms with Crippen molar-refractivity contribution in [2.75, 3.05) is 0 Å². The van der Waals surface area contributed by atoms with Gasteiger partial charge in [0.2, 0.25) is 7.28 Å². The molecule has 0 aliphatic heterocycles. The third-order valence-corrected chi connectivity index (χ3v) is 9.32. The molecular formula is C36H37BN2Si. The van der Waals surface area contributed by atoms with Crippen LogP contribution in [0.25, 0.3) is 11.5 Å². The highest BCUT2D eigenvalue weighted by atomic mass is 28.2. The number of rotatable bonds is 12. The highest BCUT2D eigenvalue weighted by molar-refractivity contribution is 6.73. The highest BCUT2D eigenvalue weighted by Gasteiger charge is 2.14. The first-order valence-corrected chi connectivity index (χ1v) is 16.0. The van der Waals surface area contributed by atoms with Crippen LogP contribution >= 0.6 is 0 Å². The minimum atomic E-state index is -0.414. The van der Waals surface area contributed by atoms with Crippen molar-refractivity contribution in [1.82, 2.24) is 9.55 Å². The zero-order chi connectivity index (χ0) is 27.4. The van der Waals surface area contributed by atoms with Crippen LogP contribution in [0.2, 0.25) is 0 Å². The van der Waals surface area contributed by atoms with Gasteiger partial charge in [0.15, 0.2) is 0 Å². The summed E-state index contributed by atoms with van der Waals surface area (Å²) < 4.78 is 2.38. The van der Waals surface area contributed by atoms with Gasteiger partial charge in [-0.2, -0.15) is 0 Å². The second-order valence-electron chi connectivity index (χ2n) is 10.4. The molecular weight excluding hydrogens is 499 g/mol. The number of hydrogen-bond acceptors (Lipinski definition) is 1. The summed E-state index contributed by atoms with van der Waals surface area (Å²) >= 11 is 0. The van der Waals surface area contributed by atoms with E-state index in [0.717, 1.165) is 32.0 Å². The molecule has 198 valence electrons. The zero-order valence-electron chi connectivity index (χ0n) is 23.4. The molecule has 0 N–H and O–H groups in total. The lowest BCUT2D eigenvalue weighted by Crippen LogP contribution is -2.29. The molecule has 4 heteroatoms. The van der Waals surface area contributed by atoms with Crippen LogP contribution in [0, 0.1) is 0 Å². The van der Waals surface area contributed by atoms with Crippen molar-refractivity contribution >= 4 is 34.1 Å². The average molecular weight is 537 g/mol. The van der Waals surface area contributed by atoms with Crippen LogP contribution in [-0.2, 0) is 6.17 Å². The quantitative estimate of drug-likeness (QED) is 0.127. The lowest BCUT2D eigenvalue weighted by molar-refractivity contribution is 0.727. The van der Waals surface area contributed by atoms with Crippen molar-refractivity contribution < 1.29 is 0 Å². The van der Waals surface area contributed by atoms with Crippen molar-refractivity contribution in [3.63, 3.8) is 0 Å². The molecule has 5 rings (SSSR count). The molecule has 0 aliphatic carbocycles. The van der Waals surface area contributed by atoms with E-state index in [1.807, 2.05) is 6.20 Å². The van der Waals surface area contributed by atoms with Crippen LogP contribution in [0.15, 0.2) is 145 Å². The van der Waals surface area contributed by atoms with Crippen LogP contribution in [-0.4, -0.2) is 26.4 Å². The highest BCUT2D eigenvalue weighted by Crippen LogP contribution is 2.29. The molecule has 0 radical (unpaired) electrons. The van der Waals surface area contributed by atoms with Crippen molar-refractivity contribution in [3.8, 4) is 0 Å². The van der Waals surface area contributed by atoms with E-state index in [-0.39, 0.29) is 0 Å². The van der Waals surface area contributed by atoms with Gasteiger partial charge in [-0.25, -0.2) is 0 Å². The minimum absolute atomic E-state index is 0.414. The molecule has 0 unspecified atom stereocenters. The van der Waals surface area contributed by atoms with Gasteiger partial charge in [-0.05, 0) is 42.0 Å².